The van der Waals surface area contributed by atoms with Gasteiger partial charge in [-0.2, -0.15) is 0 Å². The summed E-state index contributed by atoms with van der Waals surface area (Å²) < 4.78 is 0. The molecule has 1 amide bonds. The number of carbonyl (C=O) groups excluding carboxylic acids is 1. The van der Waals surface area contributed by atoms with Crippen LogP contribution in [0.3, 0.4) is 0 Å². The molecule has 1 aliphatic carbocycles. The standard InChI is InChI=1S/C17H17Cl2N3OS.2ClH/c18-10-2-3-11(13(19)5-10)16-21-15(8-24-16)17(23)22-6-9-1-4-14(20)12(9)7-22;;/h2-3,5,8-9,12,14H,1,4,6-7,20H2;2*1H. The highest BCUT2D eigenvalue weighted by atomic mass is 35.5. The number of hydrogen-bond donors (Lipinski definition) is 1. The summed E-state index contributed by atoms with van der Waals surface area (Å²) in [6.07, 6.45) is 2.20. The molecule has 26 heavy (non-hydrogen) atoms. The maximum atomic E-state index is 12.7. The van der Waals surface area contributed by atoms with Gasteiger partial charge in [0, 0.05) is 35.1 Å². The lowest BCUT2D eigenvalue weighted by Crippen LogP contribution is -2.33. The molecular formula is C17H19Cl4N3OS. The molecule has 2 N–H and O–H groups in total. The van der Waals surface area contributed by atoms with Crippen molar-refractivity contribution in [1.82, 2.24) is 9.88 Å². The number of fused-ring (bicyclic) bond motifs is 1. The molecule has 2 fully saturated rings. The second-order valence-corrected chi connectivity index (χ2v) is 8.24. The number of rotatable bonds is 2. The van der Waals surface area contributed by atoms with Gasteiger partial charge in [0.25, 0.3) is 5.91 Å². The van der Waals surface area contributed by atoms with Crippen LogP contribution in [0.15, 0.2) is 23.6 Å². The molecule has 3 atom stereocenters. The average Bonchev–Trinajstić information content (AvgIpc) is 3.24. The number of thiazole rings is 1. The molecule has 1 saturated heterocycles. The Hall–Kier alpha value is -0.560. The van der Waals surface area contributed by atoms with Crippen LogP contribution in [0.1, 0.15) is 23.3 Å². The Morgan fingerprint density at radius 1 is 1.23 bits per heavy atom. The summed E-state index contributed by atoms with van der Waals surface area (Å²) in [5.41, 5.74) is 7.43. The molecule has 0 radical (unpaired) electrons. The van der Waals surface area contributed by atoms with Crippen molar-refractivity contribution in [1.29, 1.82) is 0 Å². The number of carbonyl (C=O) groups is 1. The van der Waals surface area contributed by atoms with E-state index in [9.17, 15) is 4.79 Å². The molecule has 142 valence electrons. The van der Waals surface area contributed by atoms with Gasteiger partial charge in [0.05, 0.1) is 5.02 Å². The normalized spacial score (nSPS) is 24.0. The molecule has 1 aromatic heterocycles. The van der Waals surface area contributed by atoms with E-state index in [1.807, 2.05) is 11.0 Å². The molecule has 0 bridgehead atoms. The van der Waals surface area contributed by atoms with Crippen LogP contribution in [0.2, 0.25) is 10.0 Å². The number of halogens is 4. The zero-order valence-electron chi connectivity index (χ0n) is 13.7. The molecule has 9 heteroatoms. The lowest BCUT2D eigenvalue weighted by atomic mass is 9.98. The van der Waals surface area contributed by atoms with E-state index < -0.39 is 0 Å². The third kappa shape index (κ3) is 3.98. The predicted molar refractivity (Wildman–Crippen MR) is 112 cm³/mol. The Labute approximate surface area is 178 Å². The average molecular weight is 455 g/mol. The molecule has 4 rings (SSSR count). The summed E-state index contributed by atoms with van der Waals surface area (Å²) in [6.45, 7) is 1.55. The van der Waals surface area contributed by atoms with Crippen molar-refractivity contribution in [2.45, 2.75) is 18.9 Å². The summed E-state index contributed by atoms with van der Waals surface area (Å²) in [6, 6.07) is 5.52. The molecule has 4 nitrogen and oxygen atoms in total. The van der Waals surface area contributed by atoms with Gasteiger partial charge in [-0.25, -0.2) is 4.98 Å². The number of likely N-dealkylation sites (tertiary alicyclic amines) is 1. The fourth-order valence-electron chi connectivity index (χ4n) is 3.79. The first-order chi connectivity index (χ1) is 11.5. The quantitative estimate of drug-likeness (QED) is 0.710. The van der Waals surface area contributed by atoms with Gasteiger partial charge in [-0.05, 0) is 42.9 Å². The number of nitrogens with zero attached hydrogens (tertiary/aromatic N) is 2. The number of aromatic nitrogens is 1. The summed E-state index contributed by atoms with van der Waals surface area (Å²) in [5, 5.41) is 3.65. The number of amides is 1. The molecule has 0 spiro atoms. The molecule has 1 saturated carbocycles. The molecule has 2 heterocycles. The van der Waals surface area contributed by atoms with Crippen molar-refractivity contribution in [3.63, 3.8) is 0 Å². The van der Waals surface area contributed by atoms with Crippen LogP contribution in [0.25, 0.3) is 10.6 Å². The smallest absolute Gasteiger partial charge is 0.273 e. The highest BCUT2D eigenvalue weighted by Gasteiger charge is 2.42. The van der Waals surface area contributed by atoms with Gasteiger partial charge in [0.2, 0.25) is 0 Å². The van der Waals surface area contributed by atoms with Gasteiger partial charge in [-0.15, -0.1) is 36.2 Å². The molecule has 3 unspecified atom stereocenters. The van der Waals surface area contributed by atoms with E-state index in [1.54, 1.807) is 17.5 Å². The van der Waals surface area contributed by atoms with Crippen LogP contribution in [0.5, 0.6) is 0 Å². The van der Waals surface area contributed by atoms with Crippen LogP contribution in [0.4, 0.5) is 0 Å². The molecule has 1 aliphatic heterocycles. The molecule has 2 aromatic rings. The topological polar surface area (TPSA) is 59.2 Å². The lowest BCUT2D eigenvalue weighted by molar-refractivity contribution is 0.0774. The molecule has 1 aromatic carbocycles. The van der Waals surface area contributed by atoms with Crippen LogP contribution in [-0.4, -0.2) is 34.9 Å². The van der Waals surface area contributed by atoms with Crippen LogP contribution < -0.4 is 5.73 Å². The Morgan fingerprint density at radius 2 is 2.00 bits per heavy atom. The zero-order chi connectivity index (χ0) is 16.8. The summed E-state index contributed by atoms with van der Waals surface area (Å²) in [7, 11) is 0. The maximum Gasteiger partial charge on any atom is 0.273 e. The first kappa shape index (κ1) is 21.7. The van der Waals surface area contributed by atoms with Crippen LogP contribution in [-0.2, 0) is 0 Å². The van der Waals surface area contributed by atoms with Crippen molar-refractivity contribution in [2.24, 2.45) is 17.6 Å². The van der Waals surface area contributed by atoms with Crippen molar-refractivity contribution >= 4 is 65.3 Å². The van der Waals surface area contributed by atoms with Crippen molar-refractivity contribution < 1.29 is 4.79 Å². The highest BCUT2D eigenvalue weighted by molar-refractivity contribution is 7.13. The monoisotopic (exact) mass is 453 g/mol. The van der Waals surface area contributed by atoms with Crippen LogP contribution in [0, 0.1) is 11.8 Å². The SMILES string of the molecule is Cl.Cl.NC1CCC2CN(C(=O)c3csc(-c4ccc(Cl)cc4Cl)n3)CC12. The summed E-state index contributed by atoms with van der Waals surface area (Å²) in [5.74, 6) is 0.981. The van der Waals surface area contributed by atoms with Gasteiger partial charge in [-0.3, -0.25) is 4.79 Å². The van der Waals surface area contributed by atoms with Gasteiger partial charge in [0.1, 0.15) is 10.7 Å². The van der Waals surface area contributed by atoms with E-state index in [-0.39, 0.29) is 36.8 Å². The third-order valence-corrected chi connectivity index (χ3v) is 6.51. The van der Waals surface area contributed by atoms with E-state index in [0.717, 1.165) is 36.5 Å². The number of hydrogen-bond acceptors (Lipinski definition) is 4. The second kappa shape index (κ2) is 8.63. The Bertz CT molecular complexity index is 800. The van der Waals surface area contributed by atoms with E-state index in [0.29, 0.717) is 27.6 Å². The predicted octanol–water partition coefficient (Wildman–Crippen LogP) is 4.77. The Morgan fingerprint density at radius 3 is 2.69 bits per heavy atom. The second-order valence-electron chi connectivity index (χ2n) is 6.54. The van der Waals surface area contributed by atoms with E-state index >= 15 is 0 Å². The van der Waals surface area contributed by atoms with Gasteiger partial charge in [-0.1, -0.05) is 23.2 Å². The maximum absolute atomic E-state index is 12.7. The van der Waals surface area contributed by atoms with Crippen LogP contribution >= 0.6 is 59.4 Å². The number of benzene rings is 1. The first-order valence-corrected chi connectivity index (χ1v) is 9.62. The fraction of sp³-hybridized carbons (Fsp3) is 0.412. The summed E-state index contributed by atoms with van der Waals surface area (Å²) in [4.78, 5) is 19.1. The van der Waals surface area contributed by atoms with Crippen molar-refractivity contribution in [3.8, 4) is 10.6 Å². The van der Waals surface area contributed by atoms with Crippen molar-refractivity contribution in [2.75, 3.05) is 13.1 Å². The Balaban J connectivity index is 0.00000121. The highest BCUT2D eigenvalue weighted by Crippen LogP contribution is 2.38. The minimum atomic E-state index is -0.0100. The zero-order valence-corrected chi connectivity index (χ0v) is 17.7. The van der Waals surface area contributed by atoms with E-state index in [4.69, 9.17) is 28.9 Å². The lowest BCUT2D eigenvalue weighted by Gasteiger charge is -2.17. The van der Waals surface area contributed by atoms with Gasteiger partial charge < -0.3 is 10.6 Å². The van der Waals surface area contributed by atoms with Gasteiger partial charge >= 0.3 is 0 Å². The molecular weight excluding hydrogens is 436 g/mol. The largest absolute Gasteiger partial charge is 0.337 e. The fourth-order valence-corrected chi connectivity index (χ4v) is 5.18. The first-order valence-electron chi connectivity index (χ1n) is 7.98. The summed E-state index contributed by atoms with van der Waals surface area (Å²) >= 11 is 13.6. The van der Waals surface area contributed by atoms with E-state index in [2.05, 4.69) is 4.98 Å². The number of nitrogens with two attached hydrogens (primary N) is 1. The Kier molecular flexibility index (Phi) is 7.22. The van der Waals surface area contributed by atoms with E-state index in [1.165, 1.54) is 11.3 Å². The minimum absolute atomic E-state index is 0. The minimum Gasteiger partial charge on any atom is -0.337 e. The molecule has 2 aliphatic rings. The van der Waals surface area contributed by atoms with Crippen molar-refractivity contribution in [3.05, 3.63) is 39.3 Å². The van der Waals surface area contributed by atoms with Gasteiger partial charge in [0.15, 0.2) is 0 Å². The third-order valence-electron chi connectivity index (χ3n) is 5.08.